The summed E-state index contributed by atoms with van der Waals surface area (Å²) in [5, 5.41) is 9.89. The maximum atomic E-state index is 13.0. The Balaban J connectivity index is 2.20. The van der Waals surface area contributed by atoms with Crippen LogP contribution in [0.1, 0.15) is 30.0 Å². The summed E-state index contributed by atoms with van der Waals surface area (Å²) in [6.45, 7) is 3.83. The Morgan fingerprint density at radius 2 is 1.97 bits per heavy atom. The number of aromatic hydroxyl groups is 1. The molecule has 166 valence electrons. The third-order valence-electron chi connectivity index (χ3n) is 4.39. The first kappa shape index (κ1) is 24.3. The van der Waals surface area contributed by atoms with Crippen LogP contribution in [0.5, 0.6) is 5.75 Å². The number of rotatable bonds is 7. The number of phenols is 1. The number of amidine groups is 1. The van der Waals surface area contributed by atoms with Gasteiger partial charge in [0.05, 0.1) is 22.0 Å². The van der Waals surface area contributed by atoms with Crippen molar-refractivity contribution < 1.29 is 18.3 Å². The summed E-state index contributed by atoms with van der Waals surface area (Å²) in [4.78, 5) is 10.1. The van der Waals surface area contributed by atoms with Gasteiger partial charge < -0.3 is 15.7 Å². The summed E-state index contributed by atoms with van der Waals surface area (Å²) in [7, 11) is 1.73. The summed E-state index contributed by atoms with van der Waals surface area (Å²) >= 11 is 5.94. The van der Waals surface area contributed by atoms with Gasteiger partial charge in [0.15, 0.2) is 0 Å². The van der Waals surface area contributed by atoms with Crippen LogP contribution >= 0.6 is 11.6 Å². The number of nitrogens with zero attached hydrogens (tertiary/aromatic N) is 3. The molecule has 0 aliphatic carbocycles. The second-order valence-corrected chi connectivity index (χ2v) is 7.31. The van der Waals surface area contributed by atoms with Gasteiger partial charge in [-0.15, -0.1) is 0 Å². The van der Waals surface area contributed by atoms with Gasteiger partial charge in [-0.1, -0.05) is 36.7 Å². The lowest BCUT2D eigenvalue weighted by Gasteiger charge is -2.23. The van der Waals surface area contributed by atoms with E-state index in [1.165, 1.54) is 18.5 Å². The van der Waals surface area contributed by atoms with E-state index in [0.717, 1.165) is 12.1 Å². The zero-order valence-corrected chi connectivity index (χ0v) is 18.2. The van der Waals surface area contributed by atoms with Crippen molar-refractivity contribution in [3.05, 3.63) is 69.9 Å². The number of alkyl halides is 3. The van der Waals surface area contributed by atoms with Crippen LogP contribution in [-0.2, 0) is 12.7 Å². The minimum absolute atomic E-state index is 0.00647. The van der Waals surface area contributed by atoms with E-state index in [1.54, 1.807) is 31.0 Å². The SMILES string of the molecule is CC/C=C(/C(N)=NC=Nc1cc(C)c(O)c(Cl)c1)N(C)Cc1cccc(C(F)(F)F)c1. The van der Waals surface area contributed by atoms with Gasteiger partial charge in [0.25, 0.3) is 0 Å². The van der Waals surface area contributed by atoms with Gasteiger partial charge in [0, 0.05) is 13.6 Å². The number of benzene rings is 2. The van der Waals surface area contributed by atoms with Crippen molar-refractivity contribution in [1.82, 2.24) is 4.90 Å². The fraction of sp³-hybridized carbons (Fsp3) is 0.273. The molecule has 0 aliphatic rings. The number of likely N-dealkylation sites (N-methyl/N-ethyl adjacent to an activating group) is 1. The van der Waals surface area contributed by atoms with E-state index in [1.807, 2.05) is 13.0 Å². The number of phenolic OH excluding ortho intramolecular Hbond substituents is 1. The first-order chi connectivity index (χ1) is 14.5. The Labute approximate surface area is 184 Å². The fourth-order valence-electron chi connectivity index (χ4n) is 2.87. The molecule has 0 heterocycles. The van der Waals surface area contributed by atoms with Gasteiger partial charge in [-0.25, -0.2) is 9.98 Å². The summed E-state index contributed by atoms with van der Waals surface area (Å²) in [5.41, 5.74) is 7.55. The molecule has 0 amide bonds. The zero-order valence-electron chi connectivity index (χ0n) is 17.4. The van der Waals surface area contributed by atoms with Gasteiger partial charge in [-0.05, 0) is 48.7 Å². The van der Waals surface area contributed by atoms with Gasteiger partial charge >= 0.3 is 6.18 Å². The summed E-state index contributed by atoms with van der Waals surface area (Å²) in [5.74, 6) is 0.162. The number of aliphatic imine (C=N–C) groups is 2. The molecular formula is C22H24ClF3N4O. The van der Waals surface area contributed by atoms with Crippen LogP contribution in [0.2, 0.25) is 5.02 Å². The average molecular weight is 453 g/mol. The highest BCUT2D eigenvalue weighted by atomic mass is 35.5. The van der Waals surface area contributed by atoms with Crippen molar-refractivity contribution >= 4 is 29.5 Å². The Hall–Kier alpha value is -3.00. The molecule has 0 spiro atoms. The molecule has 0 saturated heterocycles. The molecule has 0 saturated carbocycles. The molecule has 2 aromatic carbocycles. The molecule has 31 heavy (non-hydrogen) atoms. The molecule has 5 nitrogen and oxygen atoms in total. The molecule has 0 bridgehead atoms. The first-order valence-electron chi connectivity index (χ1n) is 9.45. The quantitative estimate of drug-likeness (QED) is 0.411. The molecule has 0 unspecified atom stereocenters. The number of hydrogen-bond donors (Lipinski definition) is 2. The van der Waals surface area contributed by atoms with Gasteiger partial charge in [-0.3, -0.25) is 0 Å². The van der Waals surface area contributed by atoms with E-state index >= 15 is 0 Å². The van der Waals surface area contributed by atoms with Crippen molar-refractivity contribution in [3.63, 3.8) is 0 Å². The van der Waals surface area contributed by atoms with E-state index in [9.17, 15) is 18.3 Å². The standard InChI is InChI=1S/C22H24ClF3N4O/c1-4-6-19(30(3)12-15-7-5-8-16(10-15)22(24,25)26)21(27)29-13-28-17-9-14(2)20(31)18(23)11-17/h5-11,13,31H,4,12H2,1-3H3,(H2,27,28,29)/b19-6-. The van der Waals surface area contributed by atoms with Gasteiger partial charge in [0.2, 0.25) is 0 Å². The van der Waals surface area contributed by atoms with Crippen LogP contribution in [0.3, 0.4) is 0 Å². The third-order valence-corrected chi connectivity index (χ3v) is 4.68. The van der Waals surface area contributed by atoms with Crippen LogP contribution in [0.15, 0.2) is 58.2 Å². The number of nitrogens with two attached hydrogens (primary N) is 1. The molecule has 0 aliphatic heterocycles. The van der Waals surface area contributed by atoms with Crippen molar-refractivity contribution in [2.45, 2.75) is 33.0 Å². The predicted molar refractivity (Wildman–Crippen MR) is 119 cm³/mol. The van der Waals surface area contributed by atoms with Gasteiger partial charge in [-0.2, -0.15) is 13.2 Å². The van der Waals surface area contributed by atoms with Crippen molar-refractivity contribution in [1.29, 1.82) is 0 Å². The number of aryl methyl sites for hydroxylation is 1. The van der Waals surface area contributed by atoms with Crippen LogP contribution in [-0.4, -0.2) is 29.2 Å². The maximum absolute atomic E-state index is 13.0. The number of hydrogen-bond acceptors (Lipinski definition) is 3. The smallest absolute Gasteiger partial charge is 0.416 e. The van der Waals surface area contributed by atoms with Crippen LogP contribution < -0.4 is 5.73 Å². The predicted octanol–water partition coefficient (Wildman–Crippen LogP) is 5.82. The largest absolute Gasteiger partial charge is 0.506 e. The monoisotopic (exact) mass is 452 g/mol. The number of allylic oxidation sites excluding steroid dienone is 1. The average Bonchev–Trinajstić information content (AvgIpc) is 2.69. The minimum atomic E-state index is -4.40. The summed E-state index contributed by atoms with van der Waals surface area (Å²) < 4.78 is 38.9. The molecule has 2 aromatic rings. The van der Waals surface area contributed by atoms with E-state index in [-0.39, 0.29) is 23.2 Å². The fourth-order valence-corrected chi connectivity index (χ4v) is 3.13. The van der Waals surface area contributed by atoms with Crippen molar-refractivity contribution in [3.8, 4) is 5.75 Å². The zero-order chi connectivity index (χ0) is 23.2. The molecular weight excluding hydrogens is 429 g/mol. The molecule has 3 N–H and O–H groups in total. The number of halogens is 4. The van der Waals surface area contributed by atoms with Crippen LogP contribution in [0.25, 0.3) is 0 Å². The highest BCUT2D eigenvalue weighted by molar-refractivity contribution is 6.32. The molecule has 0 radical (unpaired) electrons. The Morgan fingerprint density at radius 1 is 1.26 bits per heavy atom. The maximum Gasteiger partial charge on any atom is 0.416 e. The van der Waals surface area contributed by atoms with Crippen molar-refractivity contribution in [2.75, 3.05) is 7.05 Å². The topological polar surface area (TPSA) is 74.2 Å². The normalized spacial score (nSPS) is 13.1. The minimum Gasteiger partial charge on any atom is -0.506 e. The molecule has 9 heteroatoms. The molecule has 0 aromatic heterocycles. The highest BCUT2D eigenvalue weighted by Gasteiger charge is 2.30. The van der Waals surface area contributed by atoms with E-state index in [0.29, 0.717) is 28.9 Å². The van der Waals surface area contributed by atoms with E-state index in [4.69, 9.17) is 17.3 Å². The third kappa shape index (κ3) is 6.75. The lowest BCUT2D eigenvalue weighted by molar-refractivity contribution is -0.137. The Bertz CT molecular complexity index is 993. The summed E-state index contributed by atoms with van der Waals surface area (Å²) in [6, 6.07) is 8.30. The molecule has 0 fully saturated rings. The van der Waals surface area contributed by atoms with E-state index < -0.39 is 11.7 Å². The first-order valence-corrected chi connectivity index (χ1v) is 9.83. The van der Waals surface area contributed by atoms with Crippen LogP contribution in [0.4, 0.5) is 18.9 Å². The second kappa shape index (κ2) is 10.3. The Morgan fingerprint density at radius 3 is 2.58 bits per heavy atom. The Kier molecular flexibility index (Phi) is 8.10. The lowest BCUT2D eigenvalue weighted by atomic mass is 10.1. The van der Waals surface area contributed by atoms with E-state index in [2.05, 4.69) is 9.98 Å². The van der Waals surface area contributed by atoms with Crippen LogP contribution in [0, 0.1) is 6.92 Å². The van der Waals surface area contributed by atoms with Crippen molar-refractivity contribution in [2.24, 2.45) is 15.7 Å². The van der Waals surface area contributed by atoms with Gasteiger partial charge in [0.1, 0.15) is 17.9 Å². The lowest BCUT2D eigenvalue weighted by Crippen LogP contribution is -2.28. The molecule has 2 rings (SSSR count). The highest BCUT2D eigenvalue weighted by Crippen LogP contribution is 2.32. The second-order valence-electron chi connectivity index (χ2n) is 6.90. The summed E-state index contributed by atoms with van der Waals surface area (Å²) in [6.07, 6.45) is -0.646. The molecule has 0 atom stereocenters.